The summed E-state index contributed by atoms with van der Waals surface area (Å²) in [5.74, 6) is 0.0636. The molecule has 0 radical (unpaired) electrons. The first-order chi connectivity index (χ1) is 8.67. The molecule has 100 valence electrons. The Labute approximate surface area is 114 Å². The van der Waals surface area contributed by atoms with Crippen LogP contribution in [0.15, 0.2) is 29.2 Å². The average molecular weight is 266 g/mol. The Kier molecular flexibility index (Phi) is 6.83. The van der Waals surface area contributed by atoms with Crippen molar-refractivity contribution in [1.82, 2.24) is 10.6 Å². The van der Waals surface area contributed by atoms with E-state index < -0.39 is 0 Å². The van der Waals surface area contributed by atoms with E-state index in [0.29, 0.717) is 0 Å². The van der Waals surface area contributed by atoms with E-state index in [9.17, 15) is 4.79 Å². The second-order valence-electron chi connectivity index (χ2n) is 4.20. The molecule has 0 aliphatic carbocycles. The highest BCUT2D eigenvalue weighted by Crippen LogP contribution is 2.23. The van der Waals surface area contributed by atoms with Crippen LogP contribution < -0.4 is 10.6 Å². The minimum Gasteiger partial charge on any atom is -0.358 e. The van der Waals surface area contributed by atoms with Crippen molar-refractivity contribution in [1.29, 1.82) is 0 Å². The third-order valence-electron chi connectivity index (χ3n) is 2.61. The maximum atomic E-state index is 11.4. The van der Waals surface area contributed by atoms with Gasteiger partial charge in [0.05, 0.1) is 5.25 Å². The summed E-state index contributed by atoms with van der Waals surface area (Å²) in [7, 11) is 1.67. The molecule has 1 unspecified atom stereocenters. The Bertz CT molecular complexity index is 365. The fourth-order valence-electron chi connectivity index (χ4n) is 1.56. The maximum Gasteiger partial charge on any atom is 0.232 e. The van der Waals surface area contributed by atoms with E-state index in [1.807, 2.05) is 6.92 Å². The monoisotopic (exact) mass is 266 g/mol. The molecule has 4 heteroatoms. The van der Waals surface area contributed by atoms with Gasteiger partial charge in [0.1, 0.15) is 0 Å². The molecule has 2 N–H and O–H groups in total. The predicted molar refractivity (Wildman–Crippen MR) is 77.8 cm³/mol. The number of nitrogens with one attached hydrogen (secondary N) is 2. The summed E-state index contributed by atoms with van der Waals surface area (Å²) in [5.41, 5.74) is 1.28. The molecule has 0 saturated carbocycles. The molecule has 0 aromatic heterocycles. The highest BCUT2D eigenvalue weighted by atomic mass is 32.2. The number of thioether (sulfide) groups is 1. The van der Waals surface area contributed by atoms with Gasteiger partial charge in [-0.05, 0) is 37.6 Å². The Morgan fingerprint density at radius 2 is 2.00 bits per heavy atom. The molecule has 0 saturated heterocycles. The molecule has 1 atom stereocenters. The van der Waals surface area contributed by atoms with E-state index in [4.69, 9.17) is 0 Å². The Hall–Kier alpha value is -1.00. The fraction of sp³-hybridized carbons (Fsp3) is 0.500. The van der Waals surface area contributed by atoms with Crippen molar-refractivity contribution in [3.05, 3.63) is 29.8 Å². The van der Waals surface area contributed by atoms with Crippen molar-refractivity contribution in [2.24, 2.45) is 0 Å². The van der Waals surface area contributed by atoms with Crippen LogP contribution in [-0.2, 0) is 11.3 Å². The van der Waals surface area contributed by atoms with Crippen LogP contribution in [0, 0.1) is 0 Å². The zero-order chi connectivity index (χ0) is 13.4. The lowest BCUT2D eigenvalue weighted by Gasteiger charge is -2.10. The standard InChI is InChI=1S/C14H22N2OS/c1-4-9-16-10-12-5-7-13(8-6-12)18-11(2)14(17)15-3/h5-8,11,16H,4,9-10H2,1-3H3,(H,15,17). The van der Waals surface area contributed by atoms with Crippen LogP contribution in [-0.4, -0.2) is 24.7 Å². The Balaban J connectivity index is 2.47. The van der Waals surface area contributed by atoms with Crippen LogP contribution in [0.3, 0.4) is 0 Å². The summed E-state index contributed by atoms with van der Waals surface area (Å²) >= 11 is 1.58. The number of carbonyl (C=O) groups excluding carboxylic acids is 1. The van der Waals surface area contributed by atoms with Crippen LogP contribution in [0.4, 0.5) is 0 Å². The van der Waals surface area contributed by atoms with Crippen LogP contribution in [0.2, 0.25) is 0 Å². The van der Waals surface area contributed by atoms with Gasteiger partial charge in [0.2, 0.25) is 5.91 Å². The molecule has 1 aromatic rings. The van der Waals surface area contributed by atoms with Gasteiger partial charge in [0, 0.05) is 18.5 Å². The van der Waals surface area contributed by atoms with Crippen molar-refractivity contribution in [2.75, 3.05) is 13.6 Å². The van der Waals surface area contributed by atoms with E-state index in [2.05, 4.69) is 41.8 Å². The fourth-order valence-corrected chi connectivity index (χ4v) is 2.48. The molecular formula is C14H22N2OS. The number of benzene rings is 1. The topological polar surface area (TPSA) is 41.1 Å². The van der Waals surface area contributed by atoms with Crippen molar-refractivity contribution >= 4 is 17.7 Å². The summed E-state index contributed by atoms with van der Waals surface area (Å²) in [6.45, 7) is 6.03. The van der Waals surface area contributed by atoms with Gasteiger partial charge >= 0.3 is 0 Å². The summed E-state index contributed by atoms with van der Waals surface area (Å²) in [6, 6.07) is 8.38. The van der Waals surface area contributed by atoms with Gasteiger partial charge in [0.25, 0.3) is 0 Å². The number of hydrogen-bond acceptors (Lipinski definition) is 3. The maximum absolute atomic E-state index is 11.4. The highest BCUT2D eigenvalue weighted by molar-refractivity contribution is 8.00. The van der Waals surface area contributed by atoms with Gasteiger partial charge in [-0.3, -0.25) is 4.79 Å². The van der Waals surface area contributed by atoms with Crippen molar-refractivity contribution in [3.8, 4) is 0 Å². The molecule has 0 fully saturated rings. The number of carbonyl (C=O) groups is 1. The molecule has 1 rings (SSSR count). The first kappa shape index (κ1) is 15.1. The smallest absolute Gasteiger partial charge is 0.232 e. The molecular weight excluding hydrogens is 244 g/mol. The lowest BCUT2D eigenvalue weighted by atomic mass is 10.2. The van der Waals surface area contributed by atoms with Gasteiger partial charge in [-0.1, -0.05) is 19.1 Å². The van der Waals surface area contributed by atoms with E-state index >= 15 is 0 Å². The molecule has 1 amide bonds. The molecule has 0 aliphatic heterocycles. The first-order valence-electron chi connectivity index (χ1n) is 6.35. The minimum absolute atomic E-state index is 0.0564. The van der Waals surface area contributed by atoms with E-state index in [1.54, 1.807) is 18.8 Å². The van der Waals surface area contributed by atoms with Crippen LogP contribution in [0.25, 0.3) is 0 Å². The molecule has 0 bridgehead atoms. The van der Waals surface area contributed by atoms with Gasteiger partial charge < -0.3 is 10.6 Å². The van der Waals surface area contributed by atoms with Gasteiger partial charge in [0.15, 0.2) is 0 Å². The van der Waals surface area contributed by atoms with Crippen molar-refractivity contribution in [2.45, 2.75) is 37.0 Å². The summed E-state index contributed by atoms with van der Waals surface area (Å²) in [4.78, 5) is 12.5. The Morgan fingerprint density at radius 1 is 1.33 bits per heavy atom. The molecule has 0 heterocycles. The van der Waals surface area contributed by atoms with Crippen LogP contribution >= 0.6 is 11.8 Å². The summed E-state index contributed by atoms with van der Waals surface area (Å²) in [5, 5.41) is 5.97. The normalized spacial score (nSPS) is 12.2. The van der Waals surface area contributed by atoms with Gasteiger partial charge in [-0.15, -0.1) is 11.8 Å². The number of amides is 1. The summed E-state index contributed by atoms with van der Waals surface area (Å²) in [6.07, 6.45) is 1.15. The zero-order valence-corrected chi connectivity index (χ0v) is 12.1. The second kappa shape index (κ2) is 8.16. The third-order valence-corrected chi connectivity index (χ3v) is 3.72. The first-order valence-corrected chi connectivity index (χ1v) is 7.23. The predicted octanol–water partition coefficient (Wildman–Crippen LogP) is 2.41. The van der Waals surface area contributed by atoms with E-state index in [-0.39, 0.29) is 11.2 Å². The largest absolute Gasteiger partial charge is 0.358 e. The second-order valence-corrected chi connectivity index (χ2v) is 5.61. The van der Waals surface area contributed by atoms with E-state index in [0.717, 1.165) is 24.4 Å². The molecule has 3 nitrogen and oxygen atoms in total. The van der Waals surface area contributed by atoms with Gasteiger partial charge in [-0.25, -0.2) is 0 Å². The number of hydrogen-bond donors (Lipinski definition) is 2. The molecule has 0 aliphatic rings. The lowest BCUT2D eigenvalue weighted by molar-refractivity contribution is -0.119. The average Bonchev–Trinajstić information content (AvgIpc) is 2.40. The quantitative estimate of drug-likeness (QED) is 0.588. The highest BCUT2D eigenvalue weighted by Gasteiger charge is 2.11. The minimum atomic E-state index is -0.0564. The number of rotatable bonds is 7. The van der Waals surface area contributed by atoms with Crippen LogP contribution in [0.1, 0.15) is 25.8 Å². The summed E-state index contributed by atoms with van der Waals surface area (Å²) < 4.78 is 0. The lowest BCUT2D eigenvalue weighted by Crippen LogP contribution is -2.27. The molecule has 18 heavy (non-hydrogen) atoms. The zero-order valence-electron chi connectivity index (χ0n) is 11.3. The Morgan fingerprint density at radius 3 is 2.56 bits per heavy atom. The van der Waals surface area contributed by atoms with Crippen LogP contribution in [0.5, 0.6) is 0 Å². The SMILES string of the molecule is CCCNCc1ccc(SC(C)C(=O)NC)cc1. The van der Waals surface area contributed by atoms with Gasteiger partial charge in [-0.2, -0.15) is 0 Å². The van der Waals surface area contributed by atoms with Crippen molar-refractivity contribution < 1.29 is 4.79 Å². The molecule has 1 aromatic carbocycles. The van der Waals surface area contributed by atoms with Crippen molar-refractivity contribution in [3.63, 3.8) is 0 Å². The van der Waals surface area contributed by atoms with E-state index in [1.165, 1.54) is 5.56 Å². The molecule has 0 spiro atoms. The third kappa shape index (κ3) is 5.10.